The van der Waals surface area contributed by atoms with Gasteiger partial charge in [0.15, 0.2) is 5.78 Å². The Morgan fingerprint density at radius 1 is 1.07 bits per heavy atom. The van der Waals surface area contributed by atoms with Gasteiger partial charge in [-0.3, -0.25) is 4.79 Å². The zero-order valence-electron chi connectivity index (χ0n) is 15.6. The zero-order valence-corrected chi connectivity index (χ0v) is 15.6. The monoisotopic (exact) mass is 360 g/mol. The zero-order chi connectivity index (χ0) is 19.1. The molecular formula is C23H24N2O2. The first-order valence-corrected chi connectivity index (χ1v) is 9.08. The van der Waals surface area contributed by atoms with Gasteiger partial charge in [0.1, 0.15) is 12.4 Å². The van der Waals surface area contributed by atoms with Crippen molar-refractivity contribution in [1.82, 2.24) is 4.90 Å². The largest absolute Gasteiger partial charge is 0.481 e. The molecule has 27 heavy (non-hydrogen) atoms. The number of rotatable bonds is 6. The molecule has 138 valence electrons. The highest BCUT2D eigenvalue weighted by Crippen LogP contribution is 2.18. The Hall–Kier alpha value is -3.03. The van der Waals surface area contributed by atoms with Gasteiger partial charge < -0.3 is 14.5 Å². The Morgan fingerprint density at radius 2 is 1.74 bits per heavy atom. The van der Waals surface area contributed by atoms with E-state index in [1.807, 2.05) is 54.6 Å². The minimum Gasteiger partial charge on any atom is -0.481 e. The molecule has 1 aliphatic rings. The fraction of sp³-hybridized carbons (Fsp3) is 0.261. The predicted octanol–water partition coefficient (Wildman–Crippen LogP) is 3.35. The van der Waals surface area contributed by atoms with Crippen LogP contribution in [0.1, 0.15) is 15.9 Å². The molecular weight excluding hydrogens is 336 g/mol. The van der Waals surface area contributed by atoms with Crippen LogP contribution in [-0.2, 0) is 0 Å². The van der Waals surface area contributed by atoms with E-state index in [9.17, 15) is 4.79 Å². The lowest BCUT2D eigenvalue weighted by Crippen LogP contribution is -2.44. The fourth-order valence-electron chi connectivity index (χ4n) is 2.97. The van der Waals surface area contributed by atoms with Gasteiger partial charge in [-0.1, -0.05) is 24.1 Å². The molecule has 1 aliphatic heterocycles. The van der Waals surface area contributed by atoms with Crippen LogP contribution in [0.5, 0.6) is 5.75 Å². The number of anilines is 1. The van der Waals surface area contributed by atoms with Gasteiger partial charge >= 0.3 is 0 Å². The average molecular weight is 360 g/mol. The molecule has 0 bridgehead atoms. The molecule has 0 aliphatic carbocycles. The van der Waals surface area contributed by atoms with Crippen molar-refractivity contribution in [3.63, 3.8) is 0 Å². The third-order valence-corrected chi connectivity index (χ3v) is 4.65. The Morgan fingerprint density at radius 3 is 2.37 bits per heavy atom. The Balaban J connectivity index is 1.59. The van der Waals surface area contributed by atoms with E-state index in [4.69, 9.17) is 11.2 Å². The molecule has 0 amide bonds. The second-order valence-corrected chi connectivity index (χ2v) is 6.60. The fourth-order valence-corrected chi connectivity index (χ4v) is 2.97. The van der Waals surface area contributed by atoms with Gasteiger partial charge in [0.2, 0.25) is 0 Å². The van der Waals surface area contributed by atoms with Gasteiger partial charge in [0, 0.05) is 37.4 Å². The molecule has 0 N–H and O–H groups in total. The van der Waals surface area contributed by atoms with Crippen molar-refractivity contribution in [3.8, 4) is 18.1 Å². The summed E-state index contributed by atoms with van der Waals surface area (Å²) in [6.07, 6.45) is 8.58. The lowest BCUT2D eigenvalue weighted by atomic mass is 10.1. The first kappa shape index (κ1) is 18.8. The van der Waals surface area contributed by atoms with Crippen LogP contribution in [0.15, 0.2) is 54.6 Å². The lowest BCUT2D eigenvalue weighted by Gasteiger charge is -2.34. The highest BCUT2D eigenvalue weighted by Gasteiger charge is 2.14. The van der Waals surface area contributed by atoms with Crippen molar-refractivity contribution in [2.24, 2.45) is 0 Å². The van der Waals surface area contributed by atoms with Crippen molar-refractivity contribution >= 4 is 17.5 Å². The normalized spacial score (nSPS) is 14.9. The topological polar surface area (TPSA) is 32.8 Å². The average Bonchev–Trinajstić information content (AvgIpc) is 2.72. The molecule has 1 fully saturated rings. The van der Waals surface area contributed by atoms with Crippen LogP contribution in [-0.4, -0.2) is 50.5 Å². The van der Waals surface area contributed by atoms with Gasteiger partial charge in [-0.2, -0.15) is 0 Å². The molecule has 0 spiro atoms. The highest BCUT2D eigenvalue weighted by atomic mass is 16.5. The number of allylic oxidation sites excluding steroid dienone is 1. The summed E-state index contributed by atoms with van der Waals surface area (Å²) < 4.78 is 5.34. The third kappa shape index (κ3) is 5.22. The van der Waals surface area contributed by atoms with Gasteiger partial charge in [-0.15, -0.1) is 6.42 Å². The maximum absolute atomic E-state index is 12.4. The minimum atomic E-state index is -0.00687. The number of benzene rings is 2. The van der Waals surface area contributed by atoms with E-state index >= 15 is 0 Å². The molecule has 4 nitrogen and oxygen atoms in total. The summed E-state index contributed by atoms with van der Waals surface area (Å²) in [5.74, 6) is 3.14. The van der Waals surface area contributed by atoms with Crippen molar-refractivity contribution in [2.45, 2.75) is 0 Å². The molecule has 3 rings (SSSR count). The molecule has 2 aromatic rings. The number of piperazine rings is 1. The summed E-state index contributed by atoms with van der Waals surface area (Å²) in [7, 11) is 2.14. The first-order chi connectivity index (χ1) is 13.2. The van der Waals surface area contributed by atoms with Crippen LogP contribution < -0.4 is 9.64 Å². The maximum Gasteiger partial charge on any atom is 0.185 e. The number of hydrogen-bond acceptors (Lipinski definition) is 4. The smallest absolute Gasteiger partial charge is 0.185 e. The van der Waals surface area contributed by atoms with Crippen molar-refractivity contribution in [1.29, 1.82) is 0 Å². The van der Waals surface area contributed by atoms with Crippen molar-refractivity contribution in [2.75, 3.05) is 44.7 Å². The van der Waals surface area contributed by atoms with Gasteiger partial charge in [-0.25, -0.2) is 0 Å². The Bertz CT molecular complexity index is 824. The number of ether oxygens (including phenoxy) is 1. The van der Waals surface area contributed by atoms with Gasteiger partial charge in [0.05, 0.1) is 0 Å². The molecule has 4 heteroatoms. The van der Waals surface area contributed by atoms with E-state index in [1.54, 1.807) is 6.08 Å². The summed E-state index contributed by atoms with van der Waals surface area (Å²) in [6, 6.07) is 15.3. The van der Waals surface area contributed by atoms with Crippen LogP contribution >= 0.6 is 0 Å². The quantitative estimate of drug-likeness (QED) is 0.449. The Kier molecular flexibility index (Phi) is 6.30. The van der Waals surface area contributed by atoms with E-state index in [0.29, 0.717) is 5.56 Å². The summed E-state index contributed by atoms with van der Waals surface area (Å²) in [5.41, 5.74) is 2.80. The van der Waals surface area contributed by atoms with Crippen LogP contribution in [0.3, 0.4) is 0 Å². The van der Waals surface area contributed by atoms with Crippen LogP contribution in [0.2, 0.25) is 0 Å². The molecule has 0 radical (unpaired) electrons. The summed E-state index contributed by atoms with van der Waals surface area (Å²) in [5, 5.41) is 0. The number of carbonyl (C=O) groups excluding carboxylic acids is 1. The van der Waals surface area contributed by atoms with Crippen LogP contribution in [0, 0.1) is 12.3 Å². The number of hydrogen-bond donors (Lipinski definition) is 0. The number of nitrogens with zero attached hydrogens (tertiary/aromatic N) is 2. The van der Waals surface area contributed by atoms with E-state index in [0.717, 1.165) is 37.5 Å². The number of carbonyl (C=O) groups is 1. The van der Waals surface area contributed by atoms with E-state index < -0.39 is 0 Å². The maximum atomic E-state index is 12.4. The lowest BCUT2D eigenvalue weighted by molar-refractivity contribution is 0.104. The van der Waals surface area contributed by atoms with Crippen LogP contribution in [0.25, 0.3) is 6.08 Å². The predicted molar refractivity (Wildman–Crippen MR) is 110 cm³/mol. The minimum absolute atomic E-state index is 0.00687. The van der Waals surface area contributed by atoms with Gasteiger partial charge in [0.25, 0.3) is 0 Å². The number of likely N-dealkylation sites (N-methyl/N-ethyl adjacent to an activating group) is 1. The molecule has 0 saturated carbocycles. The second-order valence-electron chi connectivity index (χ2n) is 6.60. The second kappa shape index (κ2) is 9.07. The molecule has 1 saturated heterocycles. The molecule has 1 heterocycles. The summed E-state index contributed by atoms with van der Waals surface area (Å²) in [4.78, 5) is 17.1. The number of terminal acetylenes is 1. The Labute approximate surface area is 161 Å². The molecule has 0 aromatic heterocycles. The molecule has 2 aromatic carbocycles. The van der Waals surface area contributed by atoms with Crippen molar-refractivity contribution in [3.05, 3.63) is 65.7 Å². The highest BCUT2D eigenvalue weighted by molar-refractivity contribution is 6.07. The van der Waals surface area contributed by atoms with E-state index in [1.165, 1.54) is 5.69 Å². The third-order valence-electron chi connectivity index (χ3n) is 4.65. The molecule has 0 atom stereocenters. The standard InChI is InChI=1S/C23H24N2O2/c1-3-18-27-22-11-4-19(5-12-22)6-13-23(26)20-7-9-21(10-8-20)25-16-14-24(2)15-17-25/h1,4-13H,14-18H2,2H3/b13-6+. The van der Waals surface area contributed by atoms with E-state index in [2.05, 4.69) is 22.8 Å². The van der Waals surface area contributed by atoms with Gasteiger partial charge in [-0.05, 0) is 55.1 Å². The summed E-state index contributed by atoms with van der Waals surface area (Å²) in [6.45, 7) is 4.42. The summed E-state index contributed by atoms with van der Waals surface area (Å²) >= 11 is 0. The first-order valence-electron chi connectivity index (χ1n) is 9.08. The molecule has 0 unspecified atom stereocenters. The van der Waals surface area contributed by atoms with Crippen LogP contribution in [0.4, 0.5) is 5.69 Å². The van der Waals surface area contributed by atoms with E-state index in [-0.39, 0.29) is 12.4 Å². The van der Waals surface area contributed by atoms with Crippen molar-refractivity contribution < 1.29 is 9.53 Å². The number of ketones is 1. The SMILES string of the molecule is C#CCOc1ccc(/C=C/C(=O)c2ccc(N3CCN(C)CC3)cc2)cc1.